The van der Waals surface area contributed by atoms with Crippen LogP contribution in [0.1, 0.15) is 26.6 Å². The zero-order valence-corrected chi connectivity index (χ0v) is 17.4. The number of hydrogen-bond acceptors (Lipinski definition) is 7. The van der Waals surface area contributed by atoms with E-state index in [1.807, 2.05) is 6.07 Å². The summed E-state index contributed by atoms with van der Waals surface area (Å²) in [7, 11) is 5.03. The minimum Gasteiger partial charge on any atom is -0.461 e. The number of benzene rings is 1. The molecule has 10 nitrogen and oxygen atoms in total. The highest BCUT2D eigenvalue weighted by molar-refractivity contribution is 6.06. The first-order valence-corrected chi connectivity index (χ1v) is 9.37. The second-order valence-corrected chi connectivity index (χ2v) is 7.11. The predicted octanol–water partition coefficient (Wildman–Crippen LogP) is 3.01. The summed E-state index contributed by atoms with van der Waals surface area (Å²) in [6.07, 6.45) is 4.43. The van der Waals surface area contributed by atoms with Crippen molar-refractivity contribution < 1.29 is 18.7 Å². The molecule has 3 heterocycles. The van der Waals surface area contributed by atoms with Crippen molar-refractivity contribution in [3.05, 3.63) is 59.9 Å². The smallest absolute Gasteiger partial charge is 0.273 e. The van der Waals surface area contributed by atoms with E-state index in [0.717, 1.165) is 0 Å². The van der Waals surface area contributed by atoms with Gasteiger partial charge in [-0.1, -0.05) is 0 Å². The van der Waals surface area contributed by atoms with Crippen molar-refractivity contribution in [1.29, 1.82) is 0 Å². The summed E-state index contributed by atoms with van der Waals surface area (Å²) < 4.78 is 13.2. The maximum atomic E-state index is 12.7. The number of nitrogens with zero attached hydrogens (tertiary/aromatic N) is 5. The highest BCUT2D eigenvalue weighted by Gasteiger charge is 2.17. The van der Waals surface area contributed by atoms with Gasteiger partial charge in [0.05, 0.1) is 17.8 Å². The number of anilines is 1. The number of rotatable bonds is 5. The van der Waals surface area contributed by atoms with Gasteiger partial charge >= 0.3 is 0 Å². The first-order valence-electron chi connectivity index (χ1n) is 9.37. The molecule has 0 saturated heterocycles. The lowest BCUT2D eigenvalue weighted by Crippen LogP contribution is -2.22. The standard InChI is InChI=1S/C21H20N6O4/c1-12-7-14-16(30-12)8-13(20(28)24-18-5-6-27(4)25-18)9-17(14)31-19-11-22-15(10-23-19)21(29)26(2)3/h5-11H,1-4H3,(H,24,25,28). The minimum atomic E-state index is -0.363. The summed E-state index contributed by atoms with van der Waals surface area (Å²) in [5.41, 5.74) is 1.02. The number of carbonyl (C=O) groups excluding carboxylic acids is 2. The van der Waals surface area contributed by atoms with E-state index in [9.17, 15) is 9.59 Å². The molecule has 1 N–H and O–H groups in total. The fourth-order valence-electron chi connectivity index (χ4n) is 2.94. The molecule has 1 aromatic carbocycles. The van der Waals surface area contributed by atoms with Gasteiger partial charge in [0.2, 0.25) is 5.88 Å². The molecule has 0 atom stereocenters. The van der Waals surface area contributed by atoms with Gasteiger partial charge in [-0.2, -0.15) is 5.10 Å². The number of ether oxygens (including phenoxy) is 1. The van der Waals surface area contributed by atoms with Crippen molar-refractivity contribution in [1.82, 2.24) is 24.6 Å². The maximum Gasteiger partial charge on any atom is 0.273 e. The Morgan fingerprint density at radius 3 is 2.61 bits per heavy atom. The number of amides is 2. The van der Waals surface area contributed by atoms with Gasteiger partial charge in [-0.15, -0.1) is 0 Å². The van der Waals surface area contributed by atoms with Crippen LogP contribution in [0.25, 0.3) is 11.0 Å². The average Bonchev–Trinajstić information content (AvgIpc) is 3.32. The summed E-state index contributed by atoms with van der Waals surface area (Å²) in [5, 5.41) is 7.56. The second kappa shape index (κ2) is 7.90. The van der Waals surface area contributed by atoms with Crippen LogP contribution in [0.4, 0.5) is 5.82 Å². The second-order valence-electron chi connectivity index (χ2n) is 7.11. The molecule has 4 rings (SSSR count). The lowest BCUT2D eigenvalue weighted by atomic mass is 10.1. The fraction of sp³-hybridized carbons (Fsp3) is 0.190. The van der Waals surface area contributed by atoms with Crippen molar-refractivity contribution >= 4 is 28.6 Å². The normalized spacial score (nSPS) is 10.8. The fourth-order valence-corrected chi connectivity index (χ4v) is 2.94. The quantitative estimate of drug-likeness (QED) is 0.528. The van der Waals surface area contributed by atoms with Gasteiger partial charge in [0.1, 0.15) is 22.8 Å². The van der Waals surface area contributed by atoms with Crippen molar-refractivity contribution in [2.45, 2.75) is 6.92 Å². The van der Waals surface area contributed by atoms with Crippen molar-refractivity contribution in [3.63, 3.8) is 0 Å². The van der Waals surface area contributed by atoms with E-state index in [1.165, 1.54) is 17.3 Å². The Kier molecular flexibility index (Phi) is 5.12. The first-order chi connectivity index (χ1) is 14.8. The molecule has 10 heteroatoms. The molecule has 0 saturated carbocycles. The van der Waals surface area contributed by atoms with Gasteiger partial charge in [-0.05, 0) is 25.1 Å². The lowest BCUT2D eigenvalue weighted by Gasteiger charge is -2.10. The van der Waals surface area contributed by atoms with E-state index in [4.69, 9.17) is 9.15 Å². The summed E-state index contributed by atoms with van der Waals surface area (Å²) in [5.74, 6) is 1.02. The van der Waals surface area contributed by atoms with Crippen LogP contribution in [0.2, 0.25) is 0 Å². The zero-order chi connectivity index (χ0) is 22.1. The average molecular weight is 420 g/mol. The number of furan rings is 1. The molecule has 4 aromatic rings. The van der Waals surface area contributed by atoms with Gasteiger partial charge in [-0.25, -0.2) is 9.97 Å². The number of fused-ring (bicyclic) bond motifs is 1. The number of hydrogen-bond donors (Lipinski definition) is 1. The Labute approximate surface area is 177 Å². The first kappa shape index (κ1) is 20.1. The molecule has 158 valence electrons. The Bertz CT molecular complexity index is 1270. The van der Waals surface area contributed by atoms with E-state index in [0.29, 0.717) is 33.9 Å². The molecule has 0 bridgehead atoms. The third-order valence-electron chi connectivity index (χ3n) is 4.41. The number of carbonyl (C=O) groups is 2. The van der Waals surface area contributed by atoms with E-state index in [-0.39, 0.29) is 23.4 Å². The van der Waals surface area contributed by atoms with Gasteiger partial charge < -0.3 is 19.4 Å². The van der Waals surface area contributed by atoms with Crippen LogP contribution in [0.3, 0.4) is 0 Å². The molecule has 0 fully saturated rings. The molecule has 2 amide bonds. The van der Waals surface area contributed by atoms with E-state index in [1.54, 1.807) is 57.1 Å². The SMILES string of the molecule is Cc1cc2c(Oc3cnc(C(=O)N(C)C)cn3)cc(C(=O)Nc3ccn(C)n3)cc2o1. The zero-order valence-electron chi connectivity index (χ0n) is 17.4. The van der Waals surface area contributed by atoms with Gasteiger partial charge in [-0.3, -0.25) is 14.3 Å². The van der Waals surface area contributed by atoms with Crippen molar-refractivity contribution in [2.75, 3.05) is 19.4 Å². The summed E-state index contributed by atoms with van der Waals surface area (Å²) in [6.45, 7) is 1.80. The third-order valence-corrected chi connectivity index (χ3v) is 4.41. The molecule has 0 radical (unpaired) electrons. The molecular formula is C21H20N6O4. The highest BCUT2D eigenvalue weighted by Crippen LogP contribution is 2.33. The molecule has 0 spiro atoms. The summed E-state index contributed by atoms with van der Waals surface area (Å²) in [4.78, 5) is 34.4. The Morgan fingerprint density at radius 2 is 1.97 bits per heavy atom. The molecule has 31 heavy (non-hydrogen) atoms. The Hall–Kier alpha value is -4.21. The van der Waals surface area contributed by atoms with E-state index >= 15 is 0 Å². The predicted molar refractivity (Wildman–Crippen MR) is 112 cm³/mol. The largest absolute Gasteiger partial charge is 0.461 e. The molecule has 0 aliphatic carbocycles. The van der Waals surface area contributed by atoms with Crippen LogP contribution in [0.15, 0.2) is 47.3 Å². The Balaban J connectivity index is 1.65. The van der Waals surface area contributed by atoms with Crippen LogP contribution >= 0.6 is 0 Å². The lowest BCUT2D eigenvalue weighted by molar-refractivity contribution is 0.0821. The topological polar surface area (TPSA) is 115 Å². The van der Waals surface area contributed by atoms with Crippen molar-refractivity contribution in [3.8, 4) is 11.6 Å². The van der Waals surface area contributed by atoms with Crippen LogP contribution in [-0.4, -0.2) is 50.6 Å². The van der Waals surface area contributed by atoms with E-state index in [2.05, 4.69) is 20.4 Å². The van der Waals surface area contributed by atoms with Crippen LogP contribution < -0.4 is 10.1 Å². The molecule has 0 unspecified atom stereocenters. The molecule has 3 aromatic heterocycles. The summed E-state index contributed by atoms with van der Waals surface area (Å²) in [6, 6.07) is 6.73. The van der Waals surface area contributed by atoms with Gasteiger partial charge in [0, 0.05) is 39.0 Å². The molecule has 0 aliphatic rings. The van der Waals surface area contributed by atoms with Gasteiger partial charge in [0.15, 0.2) is 5.82 Å². The highest BCUT2D eigenvalue weighted by atomic mass is 16.5. The Morgan fingerprint density at radius 1 is 1.16 bits per heavy atom. The van der Waals surface area contributed by atoms with E-state index < -0.39 is 0 Å². The van der Waals surface area contributed by atoms with Gasteiger partial charge in [0.25, 0.3) is 11.8 Å². The summed E-state index contributed by atoms with van der Waals surface area (Å²) >= 11 is 0. The minimum absolute atomic E-state index is 0.178. The van der Waals surface area contributed by atoms with Crippen molar-refractivity contribution in [2.24, 2.45) is 7.05 Å². The van der Waals surface area contributed by atoms with Crippen LogP contribution in [0, 0.1) is 6.92 Å². The monoisotopic (exact) mass is 420 g/mol. The molecular weight excluding hydrogens is 400 g/mol. The maximum absolute atomic E-state index is 12.7. The number of aryl methyl sites for hydroxylation is 2. The number of nitrogens with one attached hydrogen (secondary N) is 1. The third kappa shape index (κ3) is 4.22. The van der Waals surface area contributed by atoms with Crippen LogP contribution in [-0.2, 0) is 7.05 Å². The van der Waals surface area contributed by atoms with Crippen LogP contribution in [0.5, 0.6) is 11.6 Å². The molecule has 0 aliphatic heterocycles. The number of aromatic nitrogens is 4.